The van der Waals surface area contributed by atoms with Crippen LogP contribution in [0.4, 0.5) is 0 Å². The van der Waals surface area contributed by atoms with Gasteiger partial charge in [0.15, 0.2) is 0 Å². The molecule has 0 radical (unpaired) electrons. The molecular formula is C35H30O5S2. The minimum Gasteiger partial charge on any atom is -0.489 e. The summed E-state index contributed by atoms with van der Waals surface area (Å²) in [6.45, 7) is 0.544. The average Bonchev–Trinajstić information content (AvgIpc) is 3.72. The Bertz CT molecular complexity index is 1530. The molecule has 1 saturated heterocycles. The topological polar surface area (TPSA) is 68.9 Å². The zero-order valence-electron chi connectivity index (χ0n) is 22.7. The average molecular weight is 595 g/mol. The Kier molecular flexibility index (Phi) is 8.70. The maximum atomic E-state index is 13.5. The minimum atomic E-state index is -1.12. The van der Waals surface area contributed by atoms with Gasteiger partial charge < -0.3 is 19.0 Å². The summed E-state index contributed by atoms with van der Waals surface area (Å²) in [5.41, 5.74) is 1.64. The molecule has 0 aliphatic carbocycles. The molecule has 1 N–H and O–H groups in total. The number of furan rings is 1. The number of carbonyl (C=O) groups is 1. The van der Waals surface area contributed by atoms with Gasteiger partial charge in [0, 0.05) is 15.7 Å². The molecule has 3 atom stereocenters. The normalized spacial score (nSPS) is 17.5. The first-order valence-corrected chi connectivity index (χ1v) is 15.4. The molecule has 1 aliphatic heterocycles. The lowest BCUT2D eigenvalue weighted by Gasteiger charge is -2.38. The fraction of sp³-hybridized carbons (Fsp3) is 0.171. The van der Waals surface area contributed by atoms with Crippen molar-refractivity contribution in [2.24, 2.45) is 11.8 Å². The number of carbonyl (C=O) groups excluding carboxylic acids is 1. The Labute approximate surface area is 253 Å². The van der Waals surface area contributed by atoms with E-state index in [1.54, 1.807) is 35.9 Å². The van der Waals surface area contributed by atoms with Gasteiger partial charge in [0.2, 0.25) is 0 Å². The number of aliphatic hydroxyl groups is 1. The number of hydrogen-bond donors (Lipinski definition) is 1. The van der Waals surface area contributed by atoms with Crippen LogP contribution < -0.4 is 4.74 Å². The van der Waals surface area contributed by atoms with Gasteiger partial charge in [-0.05, 0) is 59.7 Å². The van der Waals surface area contributed by atoms with Crippen LogP contribution in [0.15, 0.2) is 148 Å². The predicted octanol–water partition coefficient (Wildman–Crippen LogP) is 8.12. The number of thioether (sulfide) groups is 2. The van der Waals surface area contributed by atoms with E-state index in [2.05, 4.69) is 0 Å². The molecule has 5 aromatic rings. The molecule has 0 spiro atoms. The summed E-state index contributed by atoms with van der Waals surface area (Å²) in [7, 11) is 0. The van der Waals surface area contributed by atoms with E-state index >= 15 is 0 Å². The number of rotatable bonds is 11. The van der Waals surface area contributed by atoms with E-state index in [4.69, 9.17) is 13.9 Å². The van der Waals surface area contributed by atoms with Gasteiger partial charge in [-0.3, -0.25) is 4.79 Å². The maximum Gasteiger partial charge on any atom is 0.312 e. The molecule has 5 nitrogen and oxygen atoms in total. The lowest BCUT2D eigenvalue weighted by Crippen LogP contribution is -2.37. The van der Waals surface area contributed by atoms with Crippen LogP contribution in [0.3, 0.4) is 0 Å². The fourth-order valence-electron chi connectivity index (χ4n) is 5.23. The summed E-state index contributed by atoms with van der Waals surface area (Å²) >= 11 is 3.23. The van der Waals surface area contributed by atoms with Crippen LogP contribution in [0.25, 0.3) is 0 Å². The summed E-state index contributed by atoms with van der Waals surface area (Å²) < 4.78 is 17.1. The Morgan fingerprint density at radius 2 is 1.45 bits per heavy atom. The highest BCUT2D eigenvalue weighted by molar-refractivity contribution is 8.17. The van der Waals surface area contributed by atoms with Crippen molar-refractivity contribution in [3.05, 3.63) is 151 Å². The molecule has 0 saturated carbocycles. The largest absolute Gasteiger partial charge is 0.489 e. The molecule has 6 rings (SSSR count). The van der Waals surface area contributed by atoms with Gasteiger partial charge >= 0.3 is 5.97 Å². The Balaban J connectivity index is 1.37. The summed E-state index contributed by atoms with van der Waals surface area (Å²) in [5, 5.41) is 11.9. The third kappa shape index (κ3) is 6.14. The van der Waals surface area contributed by atoms with E-state index < -0.39 is 28.0 Å². The molecule has 1 aromatic heterocycles. The number of cyclic esters (lactones) is 1. The first-order valence-electron chi connectivity index (χ1n) is 13.8. The molecule has 3 unspecified atom stereocenters. The highest BCUT2D eigenvalue weighted by Crippen LogP contribution is 2.61. The van der Waals surface area contributed by atoms with Crippen molar-refractivity contribution in [1.82, 2.24) is 0 Å². The lowest BCUT2D eigenvalue weighted by atomic mass is 9.83. The molecule has 4 aromatic carbocycles. The van der Waals surface area contributed by atoms with Crippen molar-refractivity contribution < 1.29 is 23.8 Å². The van der Waals surface area contributed by atoms with Crippen molar-refractivity contribution in [2.75, 3.05) is 6.61 Å². The van der Waals surface area contributed by atoms with Crippen LogP contribution in [-0.4, -0.2) is 17.7 Å². The minimum absolute atomic E-state index is 0.144. The highest BCUT2D eigenvalue weighted by atomic mass is 32.2. The van der Waals surface area contributed by atoms with Gasteiger partial charge in [-0.15, -0.1) is 0 Å². The van der Waals surface area contributed by atoms with Gasteiger partial charge in [-0.25, -0.2) is 0 Å². The van der Waals surface area contributed by atoms with Crippen LogP contribution in [0.5, 0.6) is 5.75 Å². The number of esters is 1. The standard InChI is InChI=1S/C35H30O5S2/c36-33(26-14-10-15-27(22-26)39-23-25-12-4-1-5-13-25)32-30(24-40-34(32)37)35(31-20-11-21-38-31,41-28-16-6-2-7-17-28)42-29-18-8-3-9-19-29/h1-22,30,32-33,36H,23-24H2. The Morgan fingerprint density at radius 3 is 2.07 bits per heavy atom. The number of hydrogen-bond acceptors (Lipinski definition) is 7. The third-order valence-electron chi connectivity index (χ3n) is 7.28. The van der Waals surface area contributed by atoms with Crippen LogP contribution in [0.1, 0.15) is 23.0 Å². The Hall–Kier alpha value is -3.91. The first-order chi connectivity index (χ1) is 20.6. The van der Waals surface area contributed by atoms with Crippen molar-refractivity contribution >= 4 is 29.5 Å². The van der Waals surface area contributed by atoms with Crippen LogP contribution in [0.2, 0.25) is 0 Å². The lowest BCUT2D eigenvalue weighted by molar-refractivity contribution is -0.144. The second-order valence-corrected chi connectivity index (χ2v) is 12.9. The number of benzene rings is 4. The van der Waals surface area contributed by atoms with Gasteiger partial charge in [-0.2, -0.15) is 0 Å². The van der Waals surface area contributed by atoms with Crippen LogP contribution in [0, 0.1) is 11.8 Å². The third-order valence-corrected chi connectivity index (χ3v) is 10.4. The molecule has 42 heavy (non-hydrogen) atoms. The highest BCUT2D eigenvalue weighted by Gasteiger charge is 2.56. The van der Waals surface area contributed by atoms with Crippen molar-refractivity contribution in [2.45, 2.75) is 26.6 Å². The van der Waals surface area contributed by atoms with E-state index in [-0.39, 0.29) is 6.61 Å². The van der Waals surface area contributed by atoms with Crippen molar-refractivity contribution in [3.63, 3.8) is 0 Å². The van der Waals surface area contributed by atoms with Gasteiger partial charge in [0.25, 0.3) is 0 Å². The van der Waals surface area contributed by atoms with E-state index in [1.165, 1.54) is 0 Å². The molecular weight excluding hydrogens is 565 g/mol. The zero-order chi connectivity index (χ0) is 28.8. The van der Waals surface area contributed by atoms with E-state index in [0.29, 0.717) is 23.7 Å². The predicted molar refractivity (Wildman–Crippen MR) is 165 cm³/mol. The SMILES string of the molecule is O=C1OCC(C(Sc2ccccc2)(Sc2ccccc2)c2ccco2)C1C(O)c1cccc(OCc2ccccc2)c1. The maximum absolute atomic E-state index is 13.5. The van der Waals surface area contributed by atoms with E-state index in [1.807, 2.05) is 121 Å². The monoisotopic (exact) mass is 594 g/mol. The summed E-state index contributed by atoms with van der Waals surface area (Å²) in [5.74, 6) is -0.387. The first kappa shape index (κ1) is 28.2. The fourth-order valence-corrected chi connectivity index (χ4v) is 8.42. The molecule has 2 heterocycles. The molecule has 0 bridgehead atoms. The molecule has 7 heteroatoms. The number of aliphatic hydroxyl groups excluding tert-OH is 1. The Morgan fingerprint density at radius 1 is 0.810 bits per heavy atom. The summed E-state index contributed by atoms with van der Waals surface area (Å²) in [6.07, 6.45) is 0.532. The molecule has 0 amide bonds. The second kappa shape index (κ2) is 12.9. The quantitative estimate of drug-likeness (QED) is 0.0941. The zero-order valence-corrected chi connectivity index (χ0v) is 24.4. The van der Waals surface area contributed by atoms with Crippen LogP contribution >= 0.6 is 23.5 Å². The van der Waals surface area contributed by atoms with Crippen molar-refractivity contribution in [3.8, 4) is 5.75 Å². The molecule has 212 valence electrons. The van der Waals surface area contributed by atoms with Gasteiger partial charge in [0.05, 0.1) is 24.9 Å². The van der Waals surface area contributed by atoms with Crippen LogP contribution in [-0.2, 0) is 20.2 Å². The smallest absolute Gasteiger partial charge is 0.312 e. The van der Waals surface area contributed by atoms with Crippen molar-refractivity contribution in [1.29, 1.82) is 0 Å². The number of ether oxygens (including phenoxy) is 2. The molecule has 1 fully saturated rings. The summed E-state index contributed by atoms with van der Waals surface area (Å²) in [6, 6.07) is 41.1. The van der Waals surface area contributed by atoms with E-state index in [9.17, 15) is 9.90 Å². The molecule has 1 aliphatic rings. The second-order valence-electron chi connectivity index (χ2n) is 10.0. The van der Waals surface area contributed by atoms with Gasteiger partial charge in [-0.1, -0.05) is 102 Å². The van der Waals surface area contributed by atoms with Gasteiger partial charge in [0.1, 0.15) is 22.2 Å². The van der Waals surface area contributed by atoms with E-state index in [0.717, 1.165) is 15.4 Å². The summed E-state index contributed by atoms with van der Waals surface area (Å²) in [4.78, 5) is 15.5.